The summed E-state index contributed by atoms with van der Waals surface area (Å²) in [5, 5.41) is 0. The second kappa shape index (κ2) is 4.02. The van der Waals surface area contributed by atoms with E-state index in [-0.39, 0.29) is 0 Å². The van der Waals surface area contributed by atoms with E-state index in [2.05, 4.69) is 17.6 Å². The zero-order chi connectivity index (χ0) is 9.97. The van der Waals surface area contributed by atoms with Crippen LogP contribution in [0.5, 0.6) is 0 Å². The minimum Gasteiger partial charge on any atom is -0.399 e. The van der Waals surface area contributed by atoms with Crippen LogP contribution in [0.4, 0.5) is 5.69 Å². The summed E-state index contributed by atoms with van der Waals surface area (Å²) in [4.78, 5) is 5.51. The summed E-state index contributed by atoms with van der Waals surface area (Å²) < 4.78 is 0. The number of thiazole rings is 1. The van der Waals surface area contributed by atoms with Crippen LogP contribution in [-0.4, -0.2) is 4.98 Å². The zero-order valence-electron chi connectivity index (χ0n) is 7.47. The molecule has 0 bridgehead atoms. The summed E-state index contributed by atoms with van der Waals surface area (Å²) in [6, 6.07) is 7.74. The fraction of sp³-hybridized carbons (Fsp3) is 0.100. The van der Waals surface area contributed by atoms with Gasteiger partial charge in [-0.3, -0.25) is 0 Å². The molecule has 1 aromatic carbocycles. The molecular formula is C10H10N2S2. The van der Waals surface area contributed by atoms with Crippen LogP contribution in [0.2, 0.25) is 0 Å². The minimum absolute atomic E-state index is 0.727. The number of rotatable bonds is 2. The molecular weight excluding hydrogens is 212 g/mol. The molecule has 0 unspecified atom stereocenters. The molecule has 4 heteroatoms. The van der Waals surface area contributed by atoms with Gasteiger partial charge in [-0.2, -0.15) is 12.6 Å². The van der Waals surface area contributed by atoms with Crippen molar-refractivity contribution in [3.05, 3.63) is 34.7 Å². The van der Waals surface area contributed by atoms with Crippen LogP contribution < -0.4 is 5.73 Å². The Kier molecular flexibility index (Phi) is 2.74. The van der Waals surface area contributed by atoms with Gasteiger partial charge >= 0.3 is 0 Å². The number of thiol groups is 1. The summed E-state index contributed by atoms with van der Waals surface area (Å²) in [6.45, 7) is 0. The Balaban J connectivity index is 2.44. The van der Waals surface area contributed by atoms with Gasteiger partial charge in [-0.25, -0.2) is 4.98 Å². The zero-order valence-corrected chi connectivity index (χ0v) is 9.18. The second-order valence-electron chi connectivity index (χ2n) is 2.90. The summed E-state index contributed by atoms with van der Waals surface area (Å²) >= 11 is 5.89. The third-order valence-corrected chi connectivity index (χ3v) is 3.33. The van der Waals surface area contributed by atoms with E-state index in [1.165, 1.54) is 4.88 Å². The van der Waals surface area contributed by atoms with Gasteiger partial charge in [0.2, 0.25) is 0 Å². The minimum atomic E-state index is 0.727. The molecule has 0 radical (unpaired) electrons. The van der Waals surface area contributed by atoms with Crippen molar-refractivity contribution in [2.75, 3.05) is 5.73 Å². The molecule has 0 aliphatic rings. The third-order valence-electron chi connectivity index (χ3n) is 1.97. The van der Waals surface area contributed by atoms with E-state index in [9.17, 15) is 0 Å². The number of aromatic nitrogens is 1. The van der Waals surface area contributed by atoms with Gasteiger partial charge in [-0.1, -0.05) is 12.1 Å². The van der Waals surface area contributed by atoms with Crippen molar-refractivity contribution in [1.29, 1.82) is 0 Å². The Morgan fingerprint density at radius 2 is 2.00 bits per heavy atom. The molecule has 2 rings (SSSR count). The number of hydrogen-bond acceptors (Lipinski definition) is 4. The molecule has 1 aromatic heterocycles. The van der Waals surface area contributed by atoms with E-state index in [0.29, 0.717) is 0 Å². The lowest BCUT2D eigenvalue weighted by Gasteiger charge is -2.00. The summed E-state index contributed by atoms with van der Waals surface area (Å²) in [7, 11) is 0. The molecule has 1 heterocycles. The van der Waals surface area contributed by atoms with Crippen molar-refractivity contribution in [3.8, 4) is 11.3 Å². The van der Waals surface area contributed by atoms with Crippen molar-refractivity contribution in [3.63, 3.8) is 0 Å². The van der Waals surface area contributed by atoms with Crippen LogP contribution in [0.1, 0.15) is 4.88 Å². The van der Waals surface area contributed by atoms with E-state index >= 15 is 0 Å². The smallest absolute Gasteiger partial charge is 0.0851 e. The lowest BCUT2D eigenvalue weighted by Crippen LogP contribution is -1.85. The van der Waals surface area contributed by atoms with Crippen molar-refractivity contribution in [2.45, 2.75) is 5.75 Å². The topological polar surface area (TPSA) is 38.9 Å². The quantitative estimate of drug-likeness (QED) is 0.606. The first-order valence-electron chi connectivity index (χ1n) is 4.20. The van der Waals surface area contributed by atoms with Crippen LogP contribution in [-0.2, 0) is 5.75 Å². The largest absolute Gasteiger partial charge is 0.399 e. The monoisotopic (exact) mass is 222 g/mol. The van der Waals surface area contributed by atoms with Gasteiger partial charge in [0.15, 0.2) is 0 Å². The van der Waals surface area contributed by atoms with Crippen LogP contribution in [0.3, 0.4) is 0 Å². The number of nitrogens with zero attached hydrogens (tertiary/aromatic N) is 1. The molecule has 0 saturated carbocycles. The average molecular weight is 222 g/mol. The SMILES string of the molecule is Nc1ccc(-c2ncsc2CS)cc1. The lowest BCUT2D eigenvalue weighted by molar-refractivity contribution is 1.36. The highest BCUT2D eigenvalue weighted by molar-refractivity contribution is 7.79. The van der Waals surface area contributed by atoms with Gasteiger partial charge in [0.25, 0.3) is 0 Å². The molecule has 0 saturated heterocycles. The Morgan fingerprint density at radius 1 is 1.29 bits per heavy atom. The summed E-state index contributed by atoms with van der Waals surface area (Å²) in [6.07, 6.45) is 0. The molecule has 14 heavy (non-hydrogen) atoms. The van der Waals surface area contributed by atoms with Gasteiger partial charge in [0.05, 0.1) is 11.2 Å². The number of hydrogen-bond donors (Lipinski definition) is 2. The van der Waals surface area contributed by atoms with Gasteiger partial charge in [0.1, 0.15) is 0 Å². The lowest BCUT2D eigenvalue weighted by atomic mass is 10.1. The maximum absolute atomic E-state index is 5.62. The normalized spacial score (nSPS) is 10.4. The maximum Gasteiger partial charge on any atom is 0.0851 e. The highest BCUT2D eigenvalue weighted by atomic mass is 32.1. The molecule has 0 fully saturated rings. The molecule has 0 spiro atoms. The van der Waals surface area contributed by atoms with Gasteiger partial charge in [0, 0.05) is 21.9 Å². The van der Waals surface area contributed by atoms with Crippen LogP contribution >= 0.6 is 24.0 Å². The molecule has 0 amide bonds. The number of nitrogens with two attached hydrogens (primary N) is 1. The van der Waals surface area contributed by atoms with E-state index in [1.807, 2.05) is 29.8 Å². The second-order valence-corrected chi connectivity index (χ2v) is 4.16. The van der Waals surface area contributed by atoms with Crippen LogP contribution in [0.25, 0.3) is 11.3 Å². The first-order chi connectivity index (χ1) is 6.81. The highest BCUT2D eigenvalue weighted by Gasteiger charge is 2.06. The molecule has 0 aliphatic carbocycles. The predicted octanol–water partition coefficient (Wildman–Crippen LogP) is 2.82. The molecule has 0 aliphatic heterocycles. The number of anilines is 1. The summed E-state index contributed by atoms with van der Waals surface area (Å²) in [5.41, 5.74) is 10.4. The van der Waals surface area contributed by atoms with E-state index in [1.54, 1.807) is 11.3 Å². The van der Waals surface area contributed by atoms with Crippen LogP contribution in [0.15, 0.2) is 29.8 Å². The first-order valence-corrected chi connectivity index (χ1v) is 5.71. The summed E-state index contributed by atoms with van der Waals surface area (Å²) in [5.74, 6) is 0.727. The fourth-order valence-electron chi connectivity index (χ4n) is 1.26. The Morgan fingerprint density at radius 3 is 2.64 bits per heavy atom. The molecule has 2 nitrogen and oxygen atoms in total. The number of benzene rings is 1. The Hall–Kier alpha value is -1.00. The molecule has 72 valence electrons. The average Bonchev–Trinajstić information content (AvgIpc) is 2.67. The molecule has 2 aromatic rings. The van der Waals surface area contributed by atoms with Gasteiger partial charge in [-0.15, -0.1) is 11.3 Å². The molecule has 0 atom stereocenters. The highest BCUT2D eigenvalue weighted by Crippen LogP contribution is 2.26. The number of nitrogen functional groups attached to an aromatic ring is 1. The van der Waals surface area contributed by atoms with Crippen molar-refractivity contribution in [1.82, 2.24) is 4.98 Å². The first kappa shape index (κ1) is 9.55. The van der Waals surface area contributed by atoms with E-state index in [4.69, 9.17) is 5.73 Å². The Labute approximate surface area is 92.2 Å². The van der Waals surface area contributed by atoms with Crippen molar-refractivity contribution in [2.24, 2.45) is 0 Å². The Bertz CT molecular complexity index is 420. The van der Waals surface area contributed by atoms with Gasteiger partial charge < -0.3 is 5.73 Å². The standard InChI is InChI=1S/C10H10N2S2/c11-8-3-1-7(2-4-8)10-9(5-13)14-6-12-10/h1-4,6,13H,5,11H2. The third kappa shape index (κ3) is 1.76. The van der Waals surface area contributed by atoms with E-state index < -0.39 is 0 Å². The predicted molar refractivity (Wildman–Crippen MR) is 64.7 cm³/mol. The van der Waals surface area contributed by atoms with Crippen molar-refractivity contribution < 1.29 is 0 Å². The van der Waals surface area contributed by atoms with Crippen molar-refractivity contribution >= 4 is 29.7 Å². The van der Waals surface area contributed by atoms with Gasteiger partial charge in [-0.05, 0) is 12.1 Å². The fourth-order valence-corrected chi connectivity index (χ4v) is 2.27. The van der Waals surface area contributed by atoms with E-state index in [0.717, 1.165) is 22.7 Å². The maximum atomic E-state index is 5.62. The van der Waals surface area contributed by atoms with Crippen LogP contribution in [0, 0.1) is 0 Å². The molecule has 2 N–H and O–H groups in total.